The predicted molar refractivity (Wildman–Crippen MR) is 99.6 cm³/mol. The first-order chi connectivity index (χ1) is 13.5. The monoisotopic (exact) mass is 387 g/mol. The first-order valence-electron chi connectivity index (χ1n) is 9.55. The molecule has 0 aliphatic carbocycles. The summed E-state index contributed by atoms with van der Waals surface area (Å²) in [6, 6.07) is 12.5. The largest absolute Gasteiger partial charge is 0.469 e. The van der Waals surface area contributed by atoms with E-state index in [9.17, 15) is 13.6 Å². The highest BCUT2D eigenvalue weighted by atomic mass is 19.1. The molecule has 148 valence electrons. The molecule has 1 N–H and O–H groups in total. The number of hydrogen-bond donors (Lipinski definition) is 1. The number of esters is 1. The van der Waals surface area contributed by atoms with Crippen LogP contribution < -0.4 is 5.32 Å². The Morgan fingerprint density at radius 2 is 1.57 bits per heavy atom. The zero-order chi connectivity index (χ0) is 19.7. The van der Waals surface area contributed by atoms with Gasteiger partial charge < -0.3 is 14.8 Å². The first-order valence-corrected chi connectivity index (χ1v) is 9.55. The minimum absolute atomic E-state index is 0.0262. The fourth-order valence-electron chi connectivity index (χ4n) is 4.40. The lowest BCUT2D eigenvalue weighted by Crippen LogP contribution is -2.52. The van der Waals surface area contributed by atoms with Crippen LogP contribution in [0.1, 0.15) is 36.5 Å². The molecule has 2 aromatic rings. The highest BCUT2D eigenvalue weighted by Crippen LogP contribution is 2.38. The highest BCUT2D eigenvalue weighted by molar-refractivity contribution is 5.74. The molecular weight excluding hydrogens is 364 g/mol. The zero-order valence-electron chi connectivity index (χ0n) is 15.6. The van der Waals surface area contributed by atoms with Crippen LogP contribution in [0.3, 0.4) is 0 Å². The summed E-state index contributed by atoms with van der Waals surface area (Å²) < 4.78 is 38.4. The van der Waals surface area contributed by atoms with Crippen LogP contribution in [0.5, 0.6) is 0 Å². The fourth-order valence-corrected chi connectivity index (χ4v) is 4.40. The molecular formula is C22H23F2NO3. The number of hydrogen-bond acceptors (Lipinski definition) is 4. The van der Waals surface area contributed by atoms with E-state index in [2.05, 4.69) is 5.32 Å². The van der Waals surface area contributed by atoms with Crippen molar-refractivity contribution in [3.8, 4) is 0 Å². The Balaban J connectivity index is 1.67. The minimum atomic E-state index is -0.532. The van der Waals surface area contributed by atoms with Crippen molar-refractivity contribution >= 4 is 5.97 Å². The van der Waals surface area contributed by atoms with Crippen LogP contribution in [-0.2, 0) is 14.3 Å². The Hall–Kier alpha value is -2.31. The van der Waals surface area contributed by atoms with Gasteiger partial charge in [-0.2, -0.15) is 0 Å². The number of carbonyl (C=O) groups is 1. The van der Waals surface area contributed by atoms with Crippen LogP contribution >= 0.6 is 0 Å². The number of piperidine rings is 1. The summed E-state index contributed by atoms with van der Waals surface area (Å²) in [7, 11) is 1.39. The lowest BCUT2D eigenvalue weighted by atomic mass is 9.88. The van der Waals surface area contributed by atoms with E-state index in [0.717, 1.165) is 24.0 Å². The van der Waals surface area contributed by atoms with Gasteiger partial charge in [0.25, 0.3) is 0 Å². The third-order valence-electron chi connectivity index (χ3n) is 5.76. The number of nitrogens with one attached hydrogen (secondary N) is 1. The molecule has 2 heterocycles. The van der Waals surface area contributed by atoms with Crippen LogP contribution in [0.25, 0.3) is 0 Å². The maximum atomic E-state index is 13.4. The normalized spacial score (nSPS) is 26.4. The summed E-state index contributed by atoms with van der Waals surface area (Å²) in [6.07, 6.45) is 1.72. The molecule has 2 fully saturated rings. The molecule has 28 heavy (non-hydrogen) atoms. The standard InChI is InChI=1S/C22H23F2NO3/c1-27-22(26)20-18-11-10-17(25-18)12-19(20)28-21(13-2-6-15(23)7-3-13)14-4-8-16(24)9-5-14/h2-9,17-21,25H,10-12H2,1H3/t17-,18+,19+,20-/m1/s1. The average molecular weight is 387 g/mol. The summed E-state index contributed by atoms with van der Waals surface area (Å²) in [5, 5.41) is 3.47. The number of benzene rings is 2. The molecule has 0 amide bonds. The quantitative estimate of drug-likeness (QED) is 0.794. The zero-order valence-corrected chi connectivity index (χ0v) is 15.6. The molecule has 2 aromatic carbocycles. The van der Waals surface area contributed by atoms with E-state index in [1.165, 1.54) is 31.4 Å². The van der Waals surface area contributed by atoms with Crippen molar-refractivity contribution in [2.75, 3.05) is 7.11 Å². The number of rotatable bonds is 5. The van der Waals surface area contributed by atoms with Gasteiger partial charge in [0.1, 0.15) is 17.7 Å². The van der Waals surface area contributed by atoms with Crippen molar-refractivity contribution in [3.05, 3.63) is 71.3 Å². The van der Waals surface area contributed by atoms with Crippen molar-refractivity contribution in [1.29, 1.82) is 0 Å². The van der Waals surface area contributed by atoms with Crippen molar-refractivity contribution < 1.29 is 23.0 Å². The van der Waals surface area contributed by atoms with Crippen LogP contribution in [-0.4, -0.2) is 31.3 Å². The van der Waals surface area contributed by atoms with Crippen molar-refractivity contribution in [1.82, 2.24) is 5.32 Å². The smallest absolute Gasteiger partial charge is 0.312 e. The van der Waals surface area contributed by atoms with E-state index < -0.39 is 12.0 Å². The third kappa shape index (κ3) is 3.80. The summed E-state index contributed by atoms with van der Waals surface area (Å²) in [5.41, 5.74) is 1.50. The maximum Gasteiger partial charge on any atom is 0.312 e. The second-order valence-electron chi connectivity index (χ2n) is 7.49. The van der Waals surface area contributed by atoms with Crippen molar-refractivity contribution in [2.45, 2.75) is 43.6 Å². The van der Waals surface area contributed by atoms with Gasteiger partial charge in [-0.15, -0.1) is 0 Å². The van der Waals surface area contributed by atoms with E-state index in [0.29, 0.717) is 12.5 Å². The predicted octanol–water partition coefficient (Wildman–Crippen LogP) is 3.75. The number of carbonyl (C=O) groups excluding carboxylic acids is 1. The fraction of sp³-hybridized carbons (Fsp3) is 0.409. The van der Waals surface area contributed by atoms with Gasteiger partial charge in [-0.05, 0) is 54.7 Å². The first kappa shape index (κ1) is 19.0. The Bertz CT molecular complexity index is 779. The molecule has 2 saturated heterocycles. The Morgan fingerprint density at radius 3 is 2.11 bits per heavy atom. The maximum absolute atomic E-state index is 13.4. The molecule has 2 aliphatic rings. The van der Waals surface area contributed by atoms with Crippen molar-refractivity contribution in [2.24, 2.45) is 5.92 Å². The second kappa shape index (κ2) is 7.97. The van der Waals surface area contributed by atoms with E-state index in [1.54, 1.807) is 24.3 Å². The molecule has 4 nitrogen and oxygen atoms in total. The summed E-state index contributed by atoms with van der Waals surface area (Å²) in [6.45, 7) is 0. The Kier molecular flexibility index (Phi) is 5.42. The van der Waals surface area contributed by atoms with E-state index in [4.69, 9.17) is 9.47 Å². The van der Waals surface area contributed by atoms with Crippen LogP contribution in [0.4, 0.5) is 8.78 Å². The minimum Gasteiger partial charge on any atom is -0.469 e. The number of halogens is 2. The van der Waals surface area contributed by atoms with Gasteiger partial charge in [0.2, 0.25) is 0 Å². The molecule has 2 bridgehead atoms. The van der Waals surface area contributed by atoms with Gasteiger partial charge in [0.05, 0.1) is 19.1 Å². The van der Waals surface area contributed by atoms with Crippen LogP contribution in [0, 0.1) is 17.6 Å². The molecule has 0 spiro atoms. The molecule has 0 saturated carbocycles. The molecule has 0 aromatic heterocycles. The van der Waals surface area contributed by atoms with Gasteiger partial charge in [-0.1, -0.05) is 24.3 Å². The summed E-state index contributed by atoms with van der Waals surface area (Å²) in [5.74, 6) is -1.38. The molecule has 0 radical (unpaired) electrons. The second-order valence-corrected chi connectivity index (χ2v) is 7.49. The number of methoxy groups -OCH3 is 1. The molecule has 6 heteroatoms. The number of ether oxygens (including phenoxy) is 2. The van der Waals surface area contributed by atoms with Crippen LogP contribution in [0.15, 0.2) is 48.5 Å². The Morgan fingerprint density at radius 1 is 1.00 bits per heavy atom. The lowest BCUT2D eigenvalue weighted by molar-refractivity contribution is -0.157. The van der Waals surface area contributed by atoms with Gasteiger partial charge in [-0.25, -0.2) is 8.78 Å². The van der Waals surface area contributed by atoms with Gasteiger partial charge in [0, 0.05) is 12.1 Å². The average Bonchev–Trinajstić information content (AvgIpc) is 3.08. The topological polar surface area (TPSA) is 47.6 Å². The van der Waals surface area contributed by atoms with E-state index in [1.807, 2.05) is 0 Å². The summed E-state index contributed by atoms with van der Waals surface area (Å²) in [4.78, 5) is 12.5. The molecule has 4 atom stereocenters. The van der Waals surface area contributed by atoms with Crippen LogP contribution in [0.2, 0.25) is 0 Å². The number of fused-ring (bicyclic) bond motifs is 2. The van der Waals surface area contributed by atoms with Crippen molar-refractivity contribution in [3.63, 3.8) is 0 Å². The highest BCUT2D eigenvalue weighted by Gasteiger charge is 2.47. The van der Waals surface area contributed by atoms with E-state index in [-0.39, 0.29) is 29.7 Å². The third-order valence-corrected chi connectivity index (χ3v) is 5.76. The SMILES string of the molecule is COC(=O)[C@@H]1[C@@H]2CC[C@H](C[C@@H]1OC(c1ccc(F)cc1)c1ccc(F)cc1)N2. The molecule has 0 unspecified atom stereocenters. The van der Waals surface area contributed by atoms with Gasteiger partial charge in [-0.3, -0.25) is 4.79 Å². The molecule has 4 rings (SSSR count). The summed E-state index contributed by atoms with van der Waals surface area (Å²) >= 11 is 0. The van der Waals surface area contributed by atoms with Gasteiger partial charge in [0.15, 0.2) is 0 Å². The lowest BCUT2D eigenvalue weighted by Gasteiger charge is -2.37. The van der Waals surface area contributed by atoms with Gasteiger partial charge >= 0.3 is 5.97 Å². The van der Waals surface area contributed by atoms with E-state index >= 15 is 0 Å². The molecule has 2 aliphatic heterocycles. The Labute approximate surface area is 162 Å².